The highest BCUT2D eigenvalue weighted by atomic mass is 79.9. The van der Waals surface area contributed by atoms with Gasteiger partial charge < -0.3 is 29.4 Å². The van der Waals surface area contributed by atoms with Gasteiger partial charge in [0.25, 0.3) is 5.91 Å². The maximum Gasteiger partial charge on any atom is 0.253 e. The Labute approximate surface area is 277 Å². The molecular weight excluding hydrogens is 636 g/mol. The molecule has 0 aromatic heterocycles. The highest BCUT2D eigenvalue weighted by Crippen LogP contribution is 2.60. The third kappa shape index (κ3) is 6.74. The average molecular weight is 688 g/mol. The molecule has 1 aromatic carbocycles. The quantitative estimate of drug-likeness (QED) is 0.136. The van der Waals surface area contributed by atoms with Crippen LogP contribution in [-0.2, 0) is 19.1 Å². The van der Waals surface area contributed by atoms with Crippen molar-refractivity contribution in [3.63, 3.8) is 0 Å². The zero-order chi connectivity index (χ0) is 32.7. The molecule has 1 N–H and O–H groups in total. The molecule has 2 bridgehead atoms. The summed E-state index contributed by atoms with van der Waals surface area (Å²) in [5.74, 6) is -1.94. The first-order valence-corrected chi connectivity index (χ1v) is 17.6. The Morgan fingerprint density at radius 1 is 1.02 bits per heavy atom. The van der Waals surface area contributed by atoms with Crippen LogP contribution >= 0.6 is 15.9 Å². The van der Waals surface area contributed by atoms with Gasteiger partial charge in [-0.25, -0.2) is 0 Å². The average Bonchev–Trinajstić information content (AvgIpc) is 3.63. The number of likely N-dealkylation sites (tertiary alicyclic amines) is 1. The van der Waals surface area contributed by atoms with Gasteiger partial charge in [-0.3, -0.25) is 14.4 Å². The molecule has 10 heteroatoms. The summed E-state index contributed by atoms with van der Waals surface area (Å²) < 4.78 is 6.76. The van der Waals surface area contributed by atoms with Crippen LogP contribution in [0.15, 0.2) is 49.6 Å². The van der Waals surface area contributed by atoms with Crippen molar-refractivity contribution in [3.8, 4) is 0 Å². The normalized spacial score (nSPS) is 26.6. The first-order valence-electron chi connectivity index (χ1n) is 16.6. The Balaban J connectivity index is 1.74. The van der Waals surface area contributed by atoms with Crippen molar-refractivity contribution in [1.82, 2.24) is 9.80 Å². The molecule has 45 heavy (non-hydrogen) atoms. The predicted octanol–water partition coefficient (Wildman–Crippen LogP) is 4.78. The Morgan fingerprint density at radius 3 is 2.27 bits per heavy atom. The van der Waals surface area contributed by atoms with Crippen molar-refractivity contribution < 1.29 is 24.2 Å². The van der Waals surface area contributed by atoms with E-state index in [1.54, 1.807) is 26.9 Å². The van der Waals surface area contributed by atoms with Crippen molar-refractivity contribution >= 4 is 45.0 Å². The number of rotatable bonds is 18. The van der Waals surface area contributed by atoms with E-state index in [-0.39, 0.29) is 35.7 Å². The molecule has 3 heterocycles. The number of nitrogens with zero attached hydrogens (tertiary/aromatic N) is 4. The summed E-state index contributed by atoms with van der Waals surface area (Å²) in [5.41, 5.74) is 0.679. The lowest BCUT2D eigenvalue weighted by molar-refractivity contribution is -0.145. The van der Waals surface area contributed by atoms with E-state index in [1.807, 2.05) is 31.2 Å². The van der Waals surface area contributed by atoms with E-state index < -0.39 is 29.6 Å². The van der Waals surface area contributed by atoms with Gasteiger partial charge in [-0.05, 0) is 63.8 Å². The number of ether oxygens (including phenoxy) is 1. The van der Waals surface area contributed by atoms with Crippen molar-refractivity contribution in [2.75, 3.05) is 55.7 Å². The van der Waals surface area contributed by atoms with E-state index in [4.69, 9.17) is 4.74 Å². The third-order valence-corrected chi connectivity index (χ3v) is 10.5. The number of fused-ring (bicyclic) bond motifs is 1. The molecule has 3 saturated heterocycles. The van der Waals surface area contributed by atoms with Gasteiger partial charge in [0, 0.05) is 62.1 Å². The minimum Gasteiger partial charge on any atom is -0.396 e. The van der Waals surface area contributed by atoms with Crippen LogP contribution in [0.4, 0.5) is 11.4 Å². The van der Waals surface area contributed by atoms with Gasteiger partial charge in [0.1, 0.15) is 11.6 Å². The Morgan fingerprint density at radius 2 is 1.67 bits per heavy atom. The molecule has 0 aliphatic carbocycles. The van der Waals surface area contributed by atoms with Crippen LogP contribution in [0.25, 0.3) is 0 Å². The minimum absolute atomic E-state index is 0.114. The van der Waals surface area contributed by atoms with Crippen LogP contribution in [-0.4, -0.2) is 101 Å². The number of carbonyl (C=O) groups is 3. The zero-order valence-electron chi connectivity index (χ0n) is 27.2. The summed E-state index contributed by atoms with van der Waals surface area (Å²) in [6.45, 7) is 17.5. The molecule has 0 radical (unpaired) electrons. The maximum atomic E-state index is 14.8. The molecule has 3 amide bonds. The number of amides is 3. The number of alkyl halides is 1. The Hall–Kier alpha value is -2.69. The minimum atomic E-state index is -1.12. The largest absolute Gasteiger partial charge is 0.396 e. The fourth-order valence-electron chi connectivity index (χ4n) is 7.64. The lowest BCUT2D eigenvalue weighted by Gasteiger charge is -2.37. The monoisotopic (exact) mass is 686 g/mol. The van der Waals surface area contributed by atoms with Crippen LogP contribution in [0.5, 0.6) is 0 Å². The van der Waals surface area contributed by atoms with Crippen molar-refractivity contribution in [2.24, 2.45) is 11.8 Å². The van der Waals surface area contributed by atoms with Gasteiger partial charge in [0.2, 0.25) is 11.8 Å². The topological polar surface area (TPSA) is 93.6 Å². The maximum absolute atomic E-state index is 14.8. The van der Waals surface area contributed by atoms with E-state index in [9.17, 15) is 19.5 Å². The lowest BCUT2D eigenvalue weighted by atomic mass is 9.70. The number of hydrogen-bond donors (Lipinski definition) is 1. The van der Waals surface area contributed by atoms with Crippen LogP contribution in [0.2, 0.25) is 0 Å². The Bertz CT molecular complexity index is 1210. The zero-order valence-corrected chi connectivity index (χ0v) is 28.8. The fourth-order valence-corrected chi connectivity index (χ4v) is 8.58. The van der Waals surface area contributed by atoms with Crippen LogP contribution in [0.3, 0.4) is 0 Å². The smallest absolute Gasteiger partial charge is 0.253 e. The molecule has 1 aromatic rings. The van der Waals surface area contributed by atoms with Crippen LogP contribution in [0.1, 0.15) is 59.3 Å². The van der Waals surface area contributed by atoms with Crippen molar-refractivity contribution in [1.29, 1.82) is 0 Å². The summed E-state index contributed by atoms with van der Waals surface area (Å²) in [5, 5.41) is 9.25. The van der Waals surface area contributed by atoms with Gasteiger partial charge in [0.05, 0.1) is 17.9 Å². The number of unbranched alkanes of at least 4 members (excludes halogenated alkanes) is 3. The Kier molecular flexibility index (Phi) is 12.3. The summed E-state index contributed by atoms with van der Waals surface area (Å²) in [6.07, 6.45) is 7.21. The van der Waals surface area contributed by atoms with Gasteiger partial charge in [0.15, 0.2) is 0 Å². The highest BCUT2D eigenvalue weighted by Gasteiger charge is 2.76. The molecule has 3 aliphatic rings. The molecule has 3 aliphatic heterocycles. The van der Waals surface area contributed by atoms with Crippen LogP contribution in [0, 0.1) is 11.8 Å². The second kappa shape index (κ2) is 15.7. The second-order valence-electron chi connectivity index (χ2n) is 12.3. The number of anilines is 2. The summed E-state index contributed by atoms with van der Waals surface area (Å²) >= 11 is 3.79. The summed E-state index contributed by atoms with van der Waals surface area (Å²) in [6, 6.07) is 7.06. The van der Waals surface area contributed by atoms with E-state index >= 15 is 0 Å². The number of aliphatic hydroxyl groups is 1. The van der Waals surface area contributed by atoms with Crippen molar-refractivity contribution in [3.05, 3.63) is 49.6 Å². The molecule has 3 unspecified atom stereocenters. The molecule has 4 rings (SSSR count). The van der Waals surface area contributed by atoms with E-state index in [0.29, 0.717) is 38.9 Å². The van der Waals surface area contributed by atoms with Gasteiger partial charge in [-0.15, -0.1) is 13.2 Å². The number of halogens is 1. The first-order chi connectivity index (χ1) is 21.7. The summed E-state index contributed by atoms with van der Waals surface area (Å²) in [4.78, 5) is 50.7. The van der Waals surface area contributed by atoms with E-state index in [2.05, 4.69) is 47.8 Å². The lowest BCUT2D eigenvalue weighted by Crippen LogP contribution is -2.57. The van der Waals surface area contributed by atoms with Crippen LogP contribution < -0.4 is 9.80 Å². The third-order valence-electron chi connectivity index (χ3n) is 9.64. The predicted molar refractivity (Wildman–Crippen MR) is 183 cm³/mol. The van der Waals surface area contributed by atoms with Crippen molar-refractivity contribution in [2.45, 2.75) is 81.9 Å². The molecule has 1 spiro atoms. The molecule has 3 fully saturated rings. The van der Waals surface area contributed by atoms with Gasteiger partial charge >= 0.3 is 0 Å². The standard InChI is InChI=1S/C35H51BrN4O5/c1-6-19-38(20-7-2)32(42)28-29-33(43)40(22-13-11-12-14-23-41)31(35(29)24-27(36)30(28)45-35)34(44)39(21-8-3)26-17-15-25(16-18-26)37(9-4)10-5/h6,8,15-18,27-31,41H,1,3,7,9-14,19-24H2,2,4-5H3/t27?,28-,29-,30-,31?,35?/m0/s1. The number of carbonyl (C=O) groups excluding carboxylic acids is 3. The highest BCUT2D eigenvalue weighted by molar-refractivity contribution is 9.09. The van der Waals surface area contributed by atoms with E-state index in [0.717, 1.165) is 43.7 Å². The van der Waals surface area contributed by atoms with Gasteiger partial charge in [-0.2, -0.15) is 0 Å². The van der Waals surface area contributed by atoms with Gasteiger partial charge in [-0.1, -0.05) is 47.8 Å². The number of aliphatic hydroxyl groups excluding tert-OH is 1. The summed E-state index contributed by atoms with van der Waals surface area (Å²) in [7, 11) is 0. The van der Waals surface area contributed by atoms with E-state index in [1.165, 1.54) is 0 Å². The SMILES string of the molecule is C=CCN(CCC)C(=O)[C@H]1[C@H]2C(=O)N(CCCCCCO)C(C(=O)N(CC=C)c3ccc(N(CC)CC)cc3)C23CC(Br)[C@@H]1O3. The molecular formula is C35H51BrN4O5. The fraction of sp³-hybridized carbons (Fsp3) is 0.629. The molecule has 0 saturated carbocycles. The molecule has 9 nitrogen and oxygen atoms in total. The number of benzene rings is 1. The molecule has 248 valence electrons. The second-order valence-corrected chi connectivity index (χ2v) is 13.5. The first kappa shape index (κ1) is 35.2. The number of hydrogen-bond acceptors (Lipinski definition) is 6. The molecule has 6 atom stereocenters.